The van der Waals surface area contributed by atoms with E-state index < -0.39 is 0 Å². The molecule has 2 heterocycles. The Hall–Kier alpha value is -1.42. The fourth-order valence-electron chi connectivity index (χ4n) is 3.60. The normalized spacial score (nSPS) is 15.9. The summed E-state index contributed by atoms with van der Waals surface area (Å²) in [5.74, 6) is 1.96. The maximum atomic E-state index is 13.4. The summed E-state index contributed by atoms with van der Waals surface area (Å²) >= 11 is 6.28. The van der Waals surface area contributed by atoms with Gasteiger partial charge >= 0.3 is 0 Å². The zero-order valence-electron chi connectivity index (χ0n) is 17.1. The molecule has 0 aliphatic carbocycles. The van der Waals surface area contributed by atoms with E-state index in [-0.39, 0.29) is 35.2 Å². The minimum atomic E-state index is -0.323. The summed E-state index contributed by atoms with van der Waals surface area (Å²) in [6.07, 6.45) is 3.58. The molecular formula is C20H29ClFIN6. The highest BCUT2D eigenvalue weighted by Gasteiger charge is 2.27. The quantitative estimate of drug-likeness (QED) is 0.340. The molecule has 1 aliphatic rings. The second kappa shape index (κ2) is 10.6. The predicted molar refractivity (Wildman–Crippen MR) is 126 cm³/mol. The van der Waals surface area contributed by atoms with Crippen molar-refractivity contribution < 1.29 is 4.39 Å². The number of aliphatic imine (C=N–C) groups is 1. The van der Waals surface area contributed by atoms with E-state index in [1.54, 1.807) is 12.4 Å². The number of hydrogen-bond donors (Lipinski definition) is 2. The summed E-state index contributed by atoms with van der Waals surface area (Å²) in [6.45, 7) is 9.41. The van der Waals surface area contributed by atoms with E-state index in [1.165, 1.54) is 12.1 Å². The van der Waals surface area contributed by atoms with Crippen molar-refractivity contribution in [3.05, 3.63) is 46.8 Å². The fraction of sp³-hybridized carbons (Fsp3) is 0.550. The Morgan fingerprint density at radius 1 is 1.38 bits per heavy atom. The number of H-pyrrole nitrogens is 1. The lowest BCUT2D eigenvalue weighted by Gasteiger charge is -2.34. The van der Waals surface area contributed by atoms with Crippen LogP contribution in [0.2, 0.25) is 5.02 Å². The van der Waals surface area contributed by atoms with Crippen molar-refractivity contribution >= 4 is 41.5 Å². The van der Waals surface area contributed by atoms with Crippen LogP contribution in [0.3, 0.4) is 0 Å². The Balaban J connectivity index is 0.00000300. The third-order valence-corrected chi connectivity index (χ3v) is 5.55. The van der Waals surface area contributed by atoms with Crippen molar-refractivity contribution in [2.24, 2.45) is 4.99 Å². The third-order valence-electron chi connectivity index (χ3n) is 5.23. The molecule has 29 heavy (non-hydrogen) atoms. The number of rotatable bonds is 5. The molecule has 1 fully saturated rings. The molecule has 2 N–H and O–H groups in total. The molecule has 0 amide bonds. The van der Waals surface area contributed by atoms with E-state index in [4.69, 9.17) is 16.6 Å². The van der Waals surface area contributed by atoms with Crippen LogP contribution in [0, 0.1) is 5.82 Å². The van der Waals surface area contributed by atoms with Crippen LogP contribution in [-0.4, -0.2) is 52.2 Å². The Morgan fingerprint density at radius 3 is 2.69 bits per heavy atom. The average molecular weight is 535 g/mol. The Labute approximate surface area is 193 Å². The van der Waals surface area contributed by atoms with Gasteiger partial charge in [-0.1, -0.05) is 31.5 Å². The molecule has 160 valence electrons. The van der Waals surface area contributed by atoms with Gasteiger partial charge in [-0.2, -0.15) is 5.10 Å². The first-order chi connectivity index (χ1) is 13.4. The second-order valence-electron chi connectivity index (χ2n) is 7.81. The number of guanidine groups is 1. The molecule has 0 unspecified atom stereocenters. The summed E-state index contributed by atoms with van der Waals surface area (Å²) in [4.78, 5) is 11.5. The van der Waals surface area contributed by atoms with Gasteiger partial charge in [0.1, 0.15) is 18.0 Å². The largest absolute Gasteiger partial charge is 0.357 e. The van der Waals surface area contributed by atoms with Gasteiger partial charge in [0.25, 0.3) is 0 Å². The van der Waals surface area contributed by atoms with Crippen molar-refractivity contribution in [3.8, 4) is 0 Å². The Bertz CT molecular complexity index is 803. The number of benzene rings is 1. The maximum absolute atomic E-state index is 13.4. The van der Waals surface area contributed by atoms with Crippen LogP contribution in [-0.2, 0) is 5.41 Å². The fourth-order valence-corrected chi connectivity index (χ4v) is 4.02. The van der Waals surface area contributed by atoms with Crippen molar-refractivity contribution in [1.82, 2.24) is 25.4 Å². The van der Waals surface area contributed by atoms with E-state index >= 15 is 0 Å². The monoisotopic (exact) mass is 534 g/mol. The number of halogens is 3. The molecule has 1 aliphatic heterocycles. The van der Waals surface area contributed by atoms with Crippen LogP contribution in [0.4, 0.5) is 4.39 Å². The number of hydrogen-bond acceptors (Lipinski definition) is 3. The van der Waals surface area contributed by atoms with E-state index in [9.17, 15) is 4.39 Å². The number of nitrogens with zero attached hydrogens (tertiary/aromatic N) is 4. The SMILES string of the molecule is CCNC(=NCC(C)(C)c1ccc(F)cc1Cl)N1CCC(c2ncn[nH]2)CC1.I. The summed E-state index contributed by atoms with van der Waals surface area (Å²) in [5.41, 5.74) is 0.600. The molecule has 0 spiro atoms. The van der Waals surface area contributed by atoms with Crippen LogP contribution < -0.4 is 5.32 Å². The first kappa shape index (κ1) is 23.9. The smallest absolute Gasteiger partial charge is 0.193 e. The van der Waals surface area contributed by atoms with Crippen LogP contribution in [0.15, 0.2) is 29.5 Å². The van der Waals surface area contributed by atoms with Gasteiger partial charge in [0.15, 0.2) is 5.96 Å². The molecule has 2 aromatic rings. The second-order valence-corrected chi connectivity index (χ2v) is 8.22. The highest BCUT2D eigenvalue weighted by Crippen LogP contribution is 2.31. The molecule has 3 rings (SSSR count). The van der Waals surface area contributed by atoms with Crippen LogP contribution in [0.25, 0.3) is 0 Å². The molecule has 6 nitrogen and oxygen atoms in total. The van der Waals surface area contributed by atoms with Gasteiger partial charge in [-0.3, -0.25) is 10.1 Å². The van der Waals surface area contributed by atoms with Gasteiger partial charge in [0.05, 0.1) is 6.54 Å². The standard InChI is InChI=1S/C20H28ClFN6.HI/c1-4-23-19(28-9-7-14(8-10-28)18-25-13-26-27-18)24-12-20(2,3)16-6-5-15(22)11-17(16)21;/h5-6,11,13-14H,4,7-10,12H2,1-3H3,(H,23,24)(H,25,26,27);1H. The molecule has 1 aromatic carbocycles. The predicted octanol–water partition coefficient (Wildman–Crippen LogP) is 4.34. The third kappa shape index (κ3) is 6.04. The van der Waals surface area contributed by atoms with Crippen LogP contribution in [0.5, 0.6) is 0 Å². The van der Waals surface area contributed by atoms with Crippen molar-refractivity contribution in [3.63, 3.8) is 0 Å². The van der Waals surface area contributed by atoms with Gasteiger partial charge in [0, 0.05) is 36.0 Å². The molecule has 1 aromatic heterocycles. The van der Waals surface area contributed by atoms with E-state index in [1.807, 2.05) is 0 Å². The minimum Gasteiger partial charge on any atom is -0.357 e. The maximum Gasteiger partial charge on any atom is 0.193 e. The van der Waals surface area contributed by atoms with Gasteiger partial charge < -0.3 is 10.2 Å². The van der Waals surface area contributed by atoms with Gasteiger partial charge in [0.2, 0.25) is 0 Å². The summed E-state index contributed by atoms with van der Waals surface area (Å²) in [5, 5.41) is 10.8. The Kier molecular flexibility index (Phi) is 8.69. The molecule has 0 radical (unpaired) electrons. The van der Waals surface area contributed by atoms with Crippen molar-refractivity contribution in [2.75, 3.05) is 26.2 Å². The number of piperidine rings is 1. The van der Waals surface area contributed by atoms with Crippen molar-refractivity contribution in [1.29, 1.82) is 0 Å². The molecule has 1 saturated heterocycles. The zero-order chi connectivity index (χ0) is 20.1. The summed E-state index contributed by atoms with van der Waals surface area (Å²) < 4.78 is 13.4. The first-order valence-corrected chi connectivity index (χ1v) is 10.1. The first-order valence-electron chi connectivity index (χ1n) is 9.74. The summed E-state index contributed by atoms with van der Waals surface area (Å²) in [7, 11) is 0. The highest BCUT2D eigenvalue weighted by molar-refractivity contribution is 14.0. The van der Waals surface area contributed by atoms with Crippen LogP contribution >= 0.6 is 35.6 Å². The highest BCUT2D eigenvalue weighted by atomic mass is 127. The Morgan fingerprint density at radius 2 is 2.10 bits per heavy atom. The lowest BCUT2D eigenvalue weighted by Crippen LogP contribution is -2.46. The number of likely N-dealkylation sites (tertiary alicyclic amines) is 1. The van der Waals surface area contributed by atoms with Gasteiger partial charge in [-0.15, -0.1) is 24.0 Å². The van der Waals surface area contributed by atoms with Gasteiger partial charge in [-0.25, -0.2) is 9.37 Å². The lowest BCUT2D eigenvalue weighted by molar-refractivity contribution is 0.298. The minimum absolute atomic E-state index is 0. The van der Waals surface area contributed by atoms with Gasteiger partial charge in [-0.05, 0) is 37.5 Å². The zero-order valence-corrected chi connectivity index (χ0v) is 20.2. The average Bonchev–Trinajstić information content (AvgIpc) is 3.20. The summed E-state index contributed by atoms with van der Waals surface area (Å²) in [6, 6.07) is 4.57. The molecule has 0 bridgehead atoms. The molecule has 9 heteroatoms. The lowest BCUT2D eigenvalue weighted by atomic mass is 9.84. The van der Waals surface area contributed by atoms with Crippen LogP contribution in [0.1, 0.15) is 50.9 Å². The van der Waals surface area contributed by atoms with E-state index in [2.05, 4.69) is 46.2 Å². The number of aromatic amines is 1. The van der Waals surface area contributed by atoms with E-state index in [0.29, 0.717) is 17.5 Å². The van der Waals surface area contributed by atoms with Crippen molar-refractivity contribution in [2.45, 2.75) is 44.9 Å². The molecule has 0 saturated carbocycles. The number of aromatic nitrogens is 3. The van der Waals surface area contributed by atoms with E-state index in [0.717, 1.165) is 49.8 Å². The topological polar surface area (TPSA) is 69.2 Å². The molecular weight excluding hydrogens is 506 g/mol. The number of nitrogens with one attached hydrogen (secondary N) is 2. The molecule has 0 atom stereocenters.